The second-order valence-corrected chi connectivity index (χ2v) is 20.6. The van der Waals surface area contributed by atoms with Crippen LogP contribution in [0.1, 0.15) is 316 Å². The van der Waals surface area contributed by atoms with E-state index in [1.807, 2.05) is 0 Å². The number of unbranched alkanes of at least 4 members (excludes halogenated alkanes) is 35. The van der Waals surface area contributed by atoms with Crippen LogP contribution in [0, 0.1) is 0 Å². The highest BCUT2D eigenvalue weighted by Gasteiger charge is 2.19. The minimum Gasteiger partial charge on any atom is -0.462 e. The second-order valence-electron chi connectivity index (χ2n) is 20.6. The van der Waals surface area contributed by atoms with Crippen LogP contribution in [0.15, 0.2) is 60.8 Å². The molecule has 0 aromatic rings. The van der Waals surface area contributed by atoms with Crippen molar-refractivity contribution in [2.24, 2.45) is 0 Å². The van der Waals surface area contributed by atoms with Crippen LogP contribution in [-0.2, 0) is 28.6 Å². The molecule has 0 saturated carbocycles. The van der Waals surface area contributed by atoms with Crippen molar-refractivity contribution in [2.45, 2.75) is 322 Å². The van der Waals surface area contributed by atoms with Crippen molar-refractivity contribution in [2.75, 3.05) is 13.2 Å². The molecule has 0 aliphatic rings. The maximum atomic E-state index is 12.8. The van der Waals surface area contributed by atoms with E-state index in [0.717, 1.165) is 83.5 Å². The lowest BCUT2D eigenvalue weighted by Gasteiger charge is -2.18. The van der Waals surface area contributed by atoms with Gasteiger partial charge in [0.25, 0.3) is 0 Å². The lowest BCUT2D eigenvalue weighted by Crippen LogP contribution is -2.30. The highest BCUT2D eigenvalue weighted by Crippen LogP contribution is 2.17. The van der Waals surface area contributed by atoms with E-state index in [4.69, 9.17) is 14.2 Å². The van der Waals surface area contributed by atoms with Crippen LogP contribution in [0.5, 0.6) is 0 Å². The number of esters is 3. The third kappa shape index (κ3) is 57.9. The summed E-state index contributed by atoms with van der Waals surface area (Å²) in [6, 6.07) is 0. The molecule has 0 heterocycles. The average Bonchev–Trinajstić information content (AvgIpc) is 3.37. The second kappa shape index (κ2) is 59.7. The number of rotatable bonds is 56. The van der Waals surface area contributed by atoms with Gasteiger partial charge in [0, 0.05) is 19.3 Å². The Morgan fingerprint density at radius 3 is 0.901 bits per heavy atom. The van der Waals surface area contributed by atoms with Crippen LogP contribution >= 0.6 is 0 Å². The highest BCUT2D eigenvalue weighted by molar-refractivity contribution is 5.71. The van der Waals surface area contributed by atoms with E-state index in [2.05, 4.69) is 81.5 Å². The van der Waals surface area contributed by atoms with Crippen molar-refractivity contribution in [3.63, 3.8) is 0 Å². The Morgan fingerprint density at radius 2 is 0.549 bits per heavy atom. The van der Waals surface area contributed by atoms with E-state index in [9.17, 15) is 14.4 Å². The van der Waals surface area contributed by atoms with Crippen molar-refractivity contribution in [3.8, 4) is 0 Å². The third-order valence-corrected chi connectivity index (χ3v) is 13.5. The fourth-order valence-corrected chi connectivity index (χ4v) is 8.90. The topological polar surface area (TPSA) is 78.9 Å². The largest absolute Gasteiger partial charge is 0.462 e. The first-order chi connectivity index (χ1) is 35.0. The first-order valence-corrected chi connectivity index (χ1v) is 30.8. The van der Waals surface area contributed by atoms with Gasteiger partial charge >= 0.3 is 17.9 Å². The van der Waals surface area contributed by atoms with E-state index in [1.54, 1.807) is 0 Å². The highest BCUT2D eigenvalue weighted by atomic mass is 16.6. The summed E-state index contributed by atoms with van der Waals surface area (Å²) in [6.45, 7) is 6.51. The lowest BCUT2D eigenvalue weighted by molar-refractivity contribution is -0.167. The summed E-state index contributed by atoms with van der Waals surface area (Å²) in [6.07, 6.45) is 75.2. The molecule has 1 atom stereocenters. The summed E-state index contributed by atoms with van der Waals surface area (Å²) in [5.41, 5.74) is 0. The van der Waals surface area contributed by atoms with Gasteiger partial charge in [-0.25, -0.2) is 0 Å². The molecule has 6 nitrogen and oxygen atoms in total. The minimum absolute atomic E-state index is 0.0908. The fourth-order valence-electron chi connectivity index (χ4n) is 8.90. The molecule has 1 unspecified atom stereocenters. The maximum Gasteiger partial charge on any atom is 0.306 e. The molecule has 0 radical (unpaired) electrons. The van der Waals surface area contributed by atoms with Crippen molar-refractivity contribution >= 4 is 17.9 Å². The third-order valence-electron chi connectivity index (χ3n) is 13.5. The van der Waals surface area contributed by atoms with Crippen molar-refractivity contribution in [1.29, 1.82) is 0 Å². The van der Waals surface area contributed by atoms with Crippen LogP contribution < -0.4 is 0 Å². The molecule has 0 bridgehead atoms. The maximum absolute atomic E-state index is 12.8. The summed E-state index contributed by atoms with van der Waals surface area (Å²) in [5, 5.41) is 0. The molecule has 0 saturated heterocycles. The van der Waals surface area contributed by atoms with Gasteiger partial charge in [-0.05, 0) is 83.5 Å². The summed E-state index contributed by atoms with van der Waals surface area (Å²) in [4.78, 5) is 38.2. The summed E-state index contributed by atoms with van der Waals surface area (Å²) < 4.78 is 16.9. The predicted molar refractivity (Wildman–Crippen MR) is 307 cm³/mol. The average molecular weight is 994 g/mol. The number of ether oxygens (including phenoxy) is 3. The van der Waals surface area contributed by atoms with Crippen LogP contribution in [0.3, 0.4) is 0 Å². The van der Waals surface area contributed by atoms with E-state index in [0.29, 0.717) is 19.3 Å². The SMILES string of the molecule is CC/C=C\C/C=C\C/C=C\C/C=C\CCCCC(=O)OC(COC(=O)CCCCCCC/C=C\CCCCCCC)COC(=O)CCCCCCCCCCCCCCCCCCCCCCCCCC. The normalized spacial score (nSPS) is 12.4. The molecular formula is C65H116O6. The minimum atomic E-state index is -0.798. The Hall–Kier alpha value is -2.89. The van der Waals surface area contributed by atoms with Gasteiger partial charge < -0.3 is 14.2 Å². The molecule has 412 valence electrons. The molecule has 0 aromatic carbocycles. The molecule has 0 amide bonds. The van der Waals surface area contributed by atoms with Gasteiger partial charge in [-0.2, -0.15) is 0 Å². The number of carbonyl (C=O) groups excluding carboxylic acids is 3. The molecule has 0 aliphatic heterocycles. The molecule has 0 N–H and O–H groups in total. The van der Waals surface area contributed by atoms with E-state index in [1.165, 1.54) is 186 Å². The number of hydrogen-bond acceptors (Lipinski definition) is 6. The summed E-state index contributed by atoms with van der Waals surface area (Å²) >= 11 is 0. The van der Waals surface area contributed by atoms with E-state index in [-0.39, 0.29) is 37.5 Å². The van der Waals surface area contributed by atoms with Gasteiger partial charge in [-0.15, -0.1) is 0 Å². The van der Waals surface area contributed by atoms with Crippen molar-refractivity contribution < 1.29 is 28.6 Å². The Kier molecular flexibility index (Phi) is 57.2. The van der Waals surface area contributed by atoms with Crippen LogP contribution in [0.4, 0.5) is 0 Å². The lowest BCUT2D eigenvalue weighted by atomic mass is 10.0. The zero-order valence-corrected chi connectivity index (χ0v) is 47.2. The molecule has 71 heavy (non-hydrogen) atoms. The molecule has 0 aromatic heterocycles. The summed E-state index contributed by atoms with van der Waals surface area (Å²) in [5.74, 6) is -0.927. The first kappa shape index (κ1) is 68.1. The number of allylic oxidation sites excluding steroid dienone is 10. The Balaban J connectivity index is 4.30. The van der Waals surface area contributed by atoms with Gasteiger partial charge in [0.05, 0.1) is 0 Å². The molecule has 6 heteroatoms. The Morgan fingerprint density at radius 1 is 0.296 bits per heavy atom. The van der Waals surface area contributed by atoms with Crippen LogP contribution in [0.25, 0.3) is 0 Å². The van der Waals surface area contributed by atoms with Gasteiger partial charge in [0.1, 0.15) is 13.2 Å². The van der Waals surface area contributed by atoms with Gasteiger partial charge in [-0.1, -0.05) is 274 Å². The monoisotopic (exact) mass is 993 g/mol. The van der Waals surface area contributed by atoms with Gasteiger partial charge in [0.15, 0.2) is 6.10 Å². The fraction of sp³-hybridized carbons (Fsp3) is 0.800. The Bertz CT molecular complexity index is 1280. The standard InChI is InChI=1S/C65H116O6/c1-4-7-10-13-16-19-22-25-28-29-30-31-32-33-34-35-36-38-40-43-46-49-52-55-58-64(67)70-61-62(60-69-63(66)57-54-51-48-45-42-39-27-24-21-18-15-12-9-6-3)71-65(68)59-56-53-50-47-44-41-37-26-23-20-17-14-11-8-5-2/h8,11,17,20,24,26-27,37,44,47,62H,4-7,9-10,12-16,18-19,21-23,25,28-36,38-43,45-46,48-61H2,1-3H3/b11-8-,20-17-,27-24-,37-26-,47-44-. The quantitative estimate of drug-likeness (QED) is 0.0261. The number of carbonyl (C=O) groups is 3. The smallest absolute Gasteiger partial charge is 0.306 e. The Labute approximate surface area is 440 Å². The predicted octanol–water partition coefficient (Wildman–Crippen LogP) is 20.8. The zero-order valence-electron chi connectivity index (χ0n) is 47.2. The molecular weight excluding hydrogens is 877 g/mol. The van der Waals surface area contributed by atoms with Crippen LogP contribution in [-0.4, -0.2) is 37.2 Å². The molecule has 0 aliphatic carbocycles. The summed E-state index contributed by atoms with van der Waals surface area (Å²) in [7, 11) is 0. The molecule has 0 rings (SSSR count). The van der Waals surface area contributed by atoms with Crippen molar-refractivity contribution in [3.05, 3.63) is 60.8 Å². The van der Waals surface area contributed by atoms with E-state index >= 15 is 0 Å². The van der Waals surface area contributed by atoms with E-state index < -0.39 is 6.10 Å². The van der Waals surface area contributed by atoms with Gasteiger partial charge in [-0.3, -0.25) is 14.4 Å². The molecule has 0 fully saturated rings. The van der Waals surface area contributed by atoms with Gasteiger partial charge in [0.2, 0.25) is 0 Å². The first-order valence-electron chi connectivity index (χ1n) is 30.8. The number of hydrogen-bond donors (Lipinski definition) is 0. The van der Waals surface area contributed by atoms with Crippen LogP contribution in [0.2, 0.25) is 0 Å². The zero-order chi connectivity index (χ0) is 51.4. The molecule has 0 spiro atoms. The van der Waals surface area contributed by atoms with Crippen molar-refractivity contribution in [1.82, 2.24) is 0 Å².